The number of unbranched alkanes of at least 4 members (excludes halogenated alkanes) is 4. The highest BCUT2D eigenvalue weighted by atomic mass is 16.5. The molecular formula is C34H62N2O2. The molecule has 3 N–H and O–H groups in total. The predicted molar refractivity (Wildman–Crippen MR) is 159 cm³/mol. The van der Waals surface area contributed by atoms with Gasteiger partial charge < -0.3 is 15.8 Å². The highest BCUT2D eigenvalue weighted by Crippen LogP contribution is 2.68. The lowest BCUT2D eigenvalue weighted by molar-refractivity contribution is -0.137. The normalized spacial score (nSPS) is 39.2. The molecule has 0 heterocycles. The van der Waals surface area contributed by atoms with E-state index in [1.54, 1.807) is 0 Å². The molecular weight excluding hydrogens is 468 g/mol. The highest BCUT2D eigenvalue weighted by Gasteiger charge is 2.60. The maximum Gasteiger partial charge on any atom is 0.220 e. The van der Waals surface area contributed by atoms with Crippen LogP contribution in [0.3, 0.4) is 0 Å². The quantitative estimate of drug-likeness (QED) is 0.224. The number of hydrogen-bond donors (Lipinski definition) is 2. The molecule has 0 unspecified atom stereocenters. The van der Waals surface area contributed by atoms with Crippen LogP contribution in [0.25, 0.3) is 0 Å². The van der Waals surface area contributed by atoms with E-state index in [0.29, 0.717) is 29.3 Å². The van der Waals surface area contributed by atoms with Crippen molar-refractivity contribution in [3.8, 4) is 0 Å². The van der Waals surface area contributed by atoms with E-state index in [2.05, 4.69) is 33.0 Å². The maximum atomic E-state index is 12.6. The van der Waals surface area contributed by atoms with E-state index in [1.165, 1.54) is 77.0 Å². The van der Waals surface area contributed by atoms with E-state index < -0.39 is 0 Å². The molecule has 4 aliphatic carbocycles. The van der Waals surface area contributed by atoms with E-state index in [1.807, 2.05) is 0 Å². The molecule has 0 radical (unpaired) electrons. The first-order chi connectivity index (χ1) is 18.3. The van der Waals surface area contributed by atoms with Crippen molar-refractivity contribution >= 4 is 5.91 Å². The summed E-state index contributed by atoms with van der Waals surface area (Å²) in [6.07, 6.45) is 21.9. The van der Waals surface area contributed by atoms with E-state index in [9.17, 15) is 4.79 Å². The molecule has 4 nitrogen and oxygen atoms in total. The lowest BCUT2D eigenvalue weighted by Gasteiger charge is -2.61. The number of ether oxygens (including phenoxy) is 1. The van der Waals surface area contributed by atoms with Crippen LogP contribution in [0.4, 0.5) is 0 Å². The number of hydrogen-bond acceptors (Lipinski definition) is 3. The minimum atomic E-state index is 0.270. The second-order valence-electron chi connectivity index (χ2n) is 14.6. The minimum absolute atomic E-state index is 0.270. The van der Waals surface area contributed by atoms with Crippen LogP contribution in [0.5, 0.6) is 0 Å². The molecule has 4 heteroatoms. The van der Waals surface area contributed by atoms with Crippen molar-refractivity contribution in [2.45, 2.75) is 143 Å². The molecule has 0 aromatic carbocycles. The second-order valence-corrected chi connectivity index (χ2v) is 14.6. The van der Waals surface area contributed by atoms with Crippen LogP contribution in [0, 0.1) is 46.3 Å². The van der Waals surface area contributed by atoms with Gasteiger partial charge in [0.1, 0.15) is 0 Å². The molecule has 38 heavy (non-hydrogen) atoms. The van der Waals surface area contributed by atoms with Crippen molar-refractivity contribution in [3.05, 3.63) is 0 Å². The van der Waals surface area contributed by atoms with Crippen molar-refractivity contribution in [3.63, 3.8) is 0 Å². The van der Waals surface area contributed by atoms with Gasteiger partial charge in [-0.3, -0.25) is 4.79 Å². The van der Waals surface area contributed by atoms with Crippen LogP contribution in [0.15, 0.2) is 0 Å². The first kappa shape index (κ1) is 30.4. The molecule has 0 aliphatic heterocycles. The van der Waals surface area contributed by atoms with Gasteiger partial charge in [-0.1, -0.05) is 47.0 Å². The lowest BCUT2D eigenvalue weighted by Crippen LogP contribution is -2.54. The molecule has 4 fully saturated rings. The number of rotatable bonds is 14. The Hall–Kier alpha value is -0.610. The fraction of sp³-hybridized carbons (Fsp3) is 0.971. The van der Waals surface area contributed by atoms with Gasteiger partial charge in [-0.2, -0.15) is 0 Å². The average Bonchev–Trinajstić information content (AvgIpc) is 3.27. The number of nitrogens with one attached hydrogen (secondary N) is 1. The summed E-state index contributed by atoms with van der Waals surface area (Å²) in [6.45, 7) is 12.6. The summed E-state index contributed by atoms with van der Waals surface area (Å²) >= 11 is 0. The van der Waals surface area contributed by atoms with Gasteiger partial charge in [-0.05, 0) is 136 Å². The molecule has 0 aromatic rings. The SMILES string of the molecule is CCCO[C@@H]1CC[C@@]2(C)[C@H](CC[C@@H]3[C@@H]2CC[C@]2(C)[C@@H]([C@H](C)CCC(=O)NCCCCCCCN)CC[C@@H]32)C1. The summed E-state index contributed by atoms with van der Waals surface area (Å²) in [4.78, 5) is 12.6. The Balaban J connectivity index is 1.25. The molecule has 0 saturated heterocycles. The van der Waals surface area contributed by atoms with E-state index >= 15 is 0 Å². The van der Waals surface area contributed by atoms with E-state index in [0.717, 1.165) is 75.0 Å². The smallest absolute Gasteiger partial charge is 0.220 e. The van der Waals surface area contributed by atoms with E-state index in [4.69, 9.17) is 10.5 Å². The maximum absolute atomic E-state index is 12.6. The molecule has 1 amide bonds. The summed E-state index contributed by atoms with van der Waals surface area (Å²) in [5, 5.41) is 3.19. The fourth-order valence-corrected chi connectivity index (χ4v) is 10.3. The third-order valence-corrected chi connectivity index (χ3v) is 12.5. The molecule has 9 atom stereocenters. The molecule has 0 aromatic heterocycles. The summed E-state index contributed by atoms with van der Waals surface area (Å²) in [7, 11) is 0. The van der Waals surface area contributed by atoms with Crippen molar-refractivity contribution in [1.82, 2.24) is 5.32 Å². The van der Waals surface area contributed by atoms with Gasteiger partial charge in [-0.15, -0.1) is 0 Å². The largest absolute Gasteiger partial charge is 0.378 e. The van der Waals surface area contributed by atoms with Crippen molar-refractivity contribution in [2.75, 3.05) is 19.7 Å². The van der Waals surface area contributed by atoms with Crippen LogP contribution in [-0.4, -0.2) is 31.7 Å². The number of nitrogens with two attached hydrogens (primary N) is 1. The molecule has 0 spiro atoms. The third-order valence-electron chi connectivity index (χ3n) is 12.5. The molecule has 0 bridgehead atoms. The second kappa shape index (κ2) is 13.8. The third kappa shape index (κ3) is 6.64. The fourth-order valence-electron chi connectivity index (χ4n) is 10.3. The summed E-state index contributed by atoms with van der Waals surface area (Å²) in [5.41, 5.74) is 6.61. The first-order valence-electron chi connectivity index (χ1n) is 16.9. The first-order valence-corrected chi connectivity index (χ1v) is 16.9. The van der Waals surface area contributed by atoms with Gasteiger partial charge in [0.05, 0.1) is 6.10 Å². The summed E-state index contributed by atoms with van der Waals surface area (Å²) in [6, 6.07) is 0. The Morgan fingerprint density at radius 3 is 2.47 bits per heavy atom. The number of carbonyl (C=O) groups is 1. The zero-order valence-corrected chi connectivity index (χ0v) is 25.6. The van der Waals surface area contributed by atoms with Gasteiger partial charge in [0, 0.05) is 19.6 Å². The van der Waals surface area contributed by atoms with Crippen LogP contribution in [0.2, 0.25) is 0 Å². The van der Waals surface area contributed by atoms with Gasteiger partial charge in [0.2, 0.25) is 5.91 Å². The van der Waals surface area contributed by atoms with Gasteiger partial charge >= 0.3 is 0 Å². The number of carbonyl (C=O) groups excluding carboxylic acids is 1. The summed E-state index contributed by atoms with van der Waals surface area (Å²) < 4.78 is 6.24. The Labute approximate surface area is 235 Å². The zero-order valence-electron chi connectivity index (χ0n) is 25.6. The Bertz CT molecular complexity index is 742. The lowest BCUT2D eigenvalue weighted by atomic mass is 9.44. The minimum Gasteiger partial charge on any atom is -0.378 e. The van der Waals surface area contributed by atoms with Gasteiger partial charge in [0.15, 0.2) is 0 Å². The van der Waals surface area contributed by atoms with Crippen molar-refractivity contribution in [2.24, 2.45) is 52.1 Å². The number of amides is 1. The van der Waals surface area contributed by atoms with Crippen LogP contribution in [-0.2, 0) is 9.53 Å². The number of fused-ring (bicyclic) bond motifs is 5. The Morgan fingerprint density at radius 2 is 1.68 bits per heavy atom. The Kier molecular flexibility index (Phi) is 11.1. The van der Waals surface area contributed by atoms with Crippen molar-refractivity contribution < 1.29 is 9.53 Å². The monoisotopic (exact) mass is 530 g/mol. The molecule has 220 valence electrons. The van der Waals surface area contributed by atoms with Crippen LogP contribution < -0.4 is 11.1 Å². The van der Waals surface area contributed by atoms with Crippen molar-refractivity contribution in [1.29, 1.82) is 0 Å². The molecule has 4 rings (SSSR count). The van der Waals surface area contributed by atoms with E-state index in [-0.39, 0.29) is 5.91 Å². The predicted octanol–water partition coefficient (Wildman–Crippen LogP) is 7.88. The molecule has 4 saturated carbocycles. The van der Waals surface area contributed by atoms with Crippen LogP contribution in [0.1, 0.15) is 137 Å². The topological polar surface area (TPSA) is 64.3 Å². The molecule has 4 aliphatic rings. The Morgan fingerprint density at radius 1 is 0.947 bits per heavy atom. The standard InChI is InChI=1S/C34H62N2O2/c1-5-23-38-27-17-19-33(3)26(24-27)12-13-28-30-15-14-29(34(30,4)20-18-31(28)33)25(2)11-16-32(37)36-22-10-8-6-7-9-21-35/h25-31H,5-24,35H2,1-4H3,(H,36,37)/t25-,26-,27-,28+,29-,30+,31+,33+,34-/m1/s1. The highest BCUT2D eigenvalue weighted by molar-refractivity contribution is 5.75. The zero-order chi connectivity index (χ0) is 27.2. The average molecular weight is 531 g/mol. The van der Waals surface area contributed by atoms with Crippen LogP contribution >= 0.6 is 0 Å². The van der Waals surface area contributed by atoms with Gasteiger partial charge in [-0.25, -0.2) is 0 Å². The van der Waals surface area contributed by atoms with Gasteiger partial charge in [0.25, 0.3) is 0 Å². The summed E-state index contributed by atoms with van der Waals surface area (Å²) in [5.74, 6) is 5.38.